The van der Waals surface area contributed by atoms with Crippen LogP contribution in [-0.4, -0.2) is 11.9 Å². The summed E-state index contributed by atoms with van der Waals surface area (Å²) in [5.41, 5.74) is 3.19. The number of anilines is 1. The van der Waals surface area contributed by atoms with Gasteiger partial charge in [-0.05, 0) is 42.8 Å². The average molecular weight is 477 g/mol. The minimum atomic E-state index is -1.47. The maximum Gasteiger partial charge on any atom is 0.249 e. The molecule has 0 heterocycles. The predicted molar refractivity (Wildman–Crippen MR) is 106 cm³/mol. The second-order valence-electron chi connectivity index (χ2n) is 5.14. The Kier molecular flexibility index (Phi) is 7.20. The van der Waals surface area contributed by atoms with Crippen molar-refractivity contribution in [1.82, 2.24) is 0 Å². The van der Waals surface area contributed by atoms with Crippen molar-refractivity contribution in [3.8, 4) is 5.75 Å². The van der Waals surface area contributed by atoms with Crippen LogP contribution in [0, 0.1) is 0 Å². The Morgan fingerprint density at radius 1 is 1.33 bits per heavy atom. The molecule has 2 unspecified atom stereocenters. The van der Waals surface area contributed by atoms with Crippen LogP contribution in [0.4, 0.5) is 10.1 Å². The highest BCUT2D eigenvalue weighted by atomic mass is 79.9. The first-order valence-electron chi connectivity index (χ1n) is 7.19. The number of hydrogen-bond donors (Lipinski definition) is 1. The summed E-state index contributed by atoms with van der Waals surface area (Å²) < 4.78 is 19.3. The molecule has 2 aromatic rings. The quantitative estimate of drug-likeness (QED) is 0.318. The molecule has 0 saturated carbocycles. The number of hydrogen-bond acceptors (Lipinski definition) is 3. The van der Waals surface area contributed by atoms with Gasteiger partial charge in [0.15, 0.2) is 5.78 Å². The van der Waals surface area contributed by atoms with Gasteiger partial charge in [-0.15, -0.1) is 0 Å². The number of ether oxygens (including phenoxy) is 1. The highest BCUT2D eigenvalue weighted by molar-refractivity contribution is 9.10. The third-order valence-electron chi connectivity index (χ3n) is 3.35. The number of carbonyl (C=O) groups excluding carboxylic acids is 1. The fourth-order valence-electron chi connectivity index (χ4n) is 2.25. The number of carbonyl (C=O) groups is 1. The van der Waals surface area contributed by atoms with Crippen molar-refractivity contribution in [2.75, 3.05) is 5.32 Å². The van der Waals surface area contributed by atoms with Crippen LogP contribution in [0.15, 0.2) is 40.9 Å². The molecule has 0 saturated heterocycles. The molecule has 0 amide bonds. The van der Waals surface area contributed by atoms with Gasteiger partial charge in [-0.2, -0.15) is 4.39 Å². The average Bonchev–Trinajstić information content (AvgIpc) is 2.53. The Hall–Kier alpha value is -0.970. The van der Waals surface area contributed by atoms with Crippen molar-refractivity contribution >= 4 is 52.6 Å². The number of rotatable bonds is 7. The standard InChI is InChI=1S/C17H17Br2FNO2P/c1-10(22)14-4-3-13(19)7-15(14)21-9-12-6-11(8-18)2-5-16(12)23-17(20)24/h2-7,17,21H,8-9,24H2,1H3. The second-order valence-corrected chi connectivity index (χ2v) is 7.14. The molecule has 0 bridgehead atoms. The third-order valence-corrected chi connectivity index (χ3v) is 4.63. The minimum absolute atomic E-state index is 0.0236. The second kappa shape index (κ2) is 8.93. The van der Waals surface area contributed by atoms with E-state index in [-0.39, 0.29) is 5.78 Å². The summed E-state index contributed by atoms with van der Waals surface area (Å²) in [6.45, 7) is 1.93. The fourth-order valence-corrected chi connectivity index (χ4v) is 3.11. The molecule has 0 radical (unpaired) electrons. The summed E-state index contributed by atoms with van der Waals surface area (Å²) in [7, 11) is 1.97. The largest absolute Gasteiger partial charge is 0.457 e. The molecule has 24 heavy (non-hydrogen) atoms. The van der Waals surface area contributed by atoms with Crippen LogP contribution in [0.3, 0.4) is 0 Å². The van der Waals surface area contributed by atoms with Gasteiger partial charge in [-0.1, -0.05) is 47.2 Å². The van der Waals surface area contributed by atoms with E-state index in [4.69, 9.17) is 4.74 Å². The van der Waals surface area contributed by atoms with Crippen LogP contribution in [0.25, 0.3) is 0 Å². The van der Waals surface area contributed by atoms with E-state index >= 15 is 0 Å². The van der Waals surface area contributed by atoms with Crippen LogP contribution in [0.5, 0.6) is 5.75 Å². The Morgan fingerprint density at radius 3 is 2.71 bits per heavy atom. The molecule has 1 N–H and O–H groups in total. The first kappa shape index (κ1) is 19.4. The Labute approximate surface area is 159 Å². The van der Waals surface area contributed by atoms with Crippen LogP contribution in [0.1, 0.15) is 28.4 Å². The van der Waals surface area contributed by atoms with E-state index in [9.17, 15) is 9.18 Å². The van der Waals surface area contributed by atoms with Crippen LogP contribution >= 0.6 is 41.1 Å². The molecule has 7 heteroatoms. The molecule has 3 nitrogen and oxygen atoms in total. The van der Waals surface area contributed by atoms with Gasteiger partial charge in [-0.3, -0.25) is 4.79 Å². The van der Waals surface area contributed by atoms with Crippen LogP contribution in [0.2, 0.25) is 0 Å². The molecule has 0 aliphatic heterocycles. The van der Waals surface area contributed by atoms with Crippen molar-refractivity contribution in [3.63, 3.8) is 0 Å². The molecule has 0 spiro atoms. The zero-order valence-corrected chi connectivity index (χ0v) is 17.3. The first-order chi connectivity index (χ1) is 11.4. The molecule has 2 rings (SSSR count). The van der Waals surface area contributed by atoms with Gasteiger partial charge in [0.25, 0.3) is 0 Å². The van der Waals surface area contributed by atoms with E-state index < -0.39 is 6.10 Å². The van der Waals surface area contributed by atoms with Crippen LogP contribution < -0.4 is 10.1 Å². The van der Waals surface area contributed by atoms with E-state index in [1.54, 1.807) is 12.1 Å². The Morgan fingerprint density at radius 2 is 2.08 bits per heavy atom. The molecule has 0 aromatic heterocycles. The van der Waals surface area contributed by atoms with Crippen molar-refractivity contribution in [1.29, 1.82) is 0 Å². The summed E-state index contributed by atoms with van der Waals surface area (Å²) in [5.74, 6) is 0.443. The van der Waals surface area contributed by atoms with E-state index in [1.165, 1.54) is 6.92 Å². The zero-order chi connectivity index (χ0) is 17.7. The lowest BCUT2D eigenvalue weighted by Crippen LogP contribution is -2.08. The minimum Gasteiger partial charge on any atom is -0.457 e. The van der Waals surface area contributed by atoms with E-state index in [1.807, 2.05) is 33.5 Å². The topological polar surface area (TPSA) is 38.3 Å². The molecule has 2 atom stereocenters. The summed E-state index contributed by atoms with van der Waals surface area (Å²) >= 11 is 6.82. The Balaban J connectivity index is 2.28. The van der Waals surface area contributed by atoms with Gasteiger partial charge in [0.05, 0.1) is 0 Å². The molecular weight excluding hydrogens is 460 g/mol. The first-order valence-corrected chi connectivity index (χ1v) is 9.77. The van der Waals surface area contributed by atoms with Crippen LogP contribution in [-0.2, 0) is 11.9 Å². The van der Waals surface area contributed by atoms with Gasteiger partial charge < -0.3 is 10.1 Å². The SMILES string of the molecule is CC(=O)c1ccc(Br)cc1NCc1cc(CBr)ccc1OC(F)P. The van der Waals surface area contributed by atoms with Crippen molar-refractivity contribution < 1.29 is 13.9 Å². The number of alkyl halides is 2. The molecule has 128 valence electrons. The number of benzene rings is 2. The normalized spacial score (nSPS) is 11.9. The number of Topliss-reactive ketones (excluding diaryl/α,β-unsaturated/α-hetero) is 1. The molecule has 0 aliphatic carbocycles. The Bertz CT molecular complexity index is 741. The number of ketones is 1. The van der Waals surface area contributed by atoms with Gasteiger partial charge >= 0.3 is 0 Å². The summed E-state index contributed by atoms with van der Waals surface area (Å²) in [4.78, 5) is 11.8. The lowest BCUT2D eigenvalue weighted by Gasteiger charge is -2.16. The summed E-state index contributed by atoms with van der Waals surface area (Å²) in [6.07, 6.45) is -1.47. The zero-order valence-electron chi connectivity index (χ0n) is 13.0. The van der Waals surface area contributed by atoms with Gasteiger partial charge in [-0.25, -0.2) is 0 Å². The van der Waals surface area contributed by atoms with Gasteiger partial charge in [0.2, 0.25) is 6.10 Å². The van der Waals surface area contributed by atoms with Crippen molar-refractivity contribution in [2.24, 2.45) is 0 Å². The van der Waals surface area contributed by atoms with Crippen molar-refractivity contribution in [3.05, 3.63) is 57.6 Å². The van der Waals surface area contributed by atoms with Crippen molar-refractivity contribution in [2.45, 2.75) is 24.9 Å². The number of nitrogens with one attached hydrogen (secondary N) is 1. The highest BCUT2D eigenvalue weighted by Gasteiger charge is 2.11. The summed E-state index contributed by atoms with van der Waals surface area (Å²) in [6, 6.07) is 11.0. The molecule has 2 aromatic carbocycles. The fraction of sp³-hybridized carbons (Fsp3) is 0.235. The third kappa shape index (κ3) is 5.27. The predicted octanol–water partition coefficient (Wildman–Crippen LogP) is 5.67. The molecule has 0 aliphatic rings. The maximum atomic E-state index is 13.2. The van der Waals surface area contributed by atoms with E-state index in [0.29, 0.717) is 23.2 Å². The lowest BCUT2D eigenvalue weighted by molar-refractivity contribution is 0.101. The molecular formula is C17H17Br2FNO2P. The van der Waals surface area contributed by atoms with Gasteiger partial charge in [0.1, 0.15) is 5.75 Å². The maximum absolute atomic E-state index is 13.2. The van der Waals surface area contributed by atoms with E-state index in [2.05, 4.69) is 37.2 Å². The molecule has 0 fully saturated rings. The van der Waals surface area contributed by atoms with E-state index in [0.717, 1.165) is 21.3 Å². The smallest absolute Gasteiger partial charge is 0.249 e. The lowest BCUT2D eigenvalue weighted by atomic mass is 10.1. The highest BCUT2D eigenvalue weighted by Crippen LogP contribution is 2.27. The van der Waals surface area contributed by atoms with Gasteiger partial charge in [0, 0.05) is 33.2 Å². The summed E-state index contributed by atoms with van der Waals surface area (Å²) in [5, 5.41) is 3.93. The number of halogens is 3. The monoisotopic (exact) mass is 475 g/mol.